The van der Waals surface area contributed by atoms with Gasteiger partial charge in [-0.3, -0.25) is 4.79 Å². The van der Waals surface area contributed by atoms with E-state index in [9.17, 15) is 9.90 Å². The van der Waals surface area contributed by atoms with E-state index in [1.54, 1.807) is 24.3 Å². The van der Waals surface area contributed by atoms with Crippen LogP contribution in [0.5, 0.6) is 5.75 Å². The number of nitrogens with one attached hydrogen (secondary N) is 1. The number of halogens is 2. The summed E-state index contributed by atoms with van der Waals surface area (Å²) in [5.41, 5.74) is 1.32. The minimum atomic E-state index is -0.500. The van der Waals surface area contributed by atoms with Crippen molar-refractivity contribution in [1.82, 2.24) is 0 Å². The van der Waals surface area contributed by atoms with Gasteiger partial charge in [-0.05, 0) is 36.8 Å². The highest BCUT2D eigenvalue weighted by Gasteiger charge is 2.19. The van der Waals surface area contributed by atoms with Crippen molar-refractivity contribution in [2.75, 3.05) is 18.5 Å². The van der Waals surface area contributed by atoms with Gasteiger partial charge in [-0.15, -0.1) is 0 Å². The highest BCUT2D eigenvalue weighted by Crippen LogP contribution is 2.31. The number of hydrogen-bond acceptors (Lipinski definition) is 4. The van der Waals surface area contributed by atoms with Gasteiger partial charge in [0.2, 0.25) is 0 Å². The van der Waals surface area contributed by atoms with Crippen molar-refractivity contribution in [3.63, 3.8) is 0 Å². The molecular weight excluding hydrogens is 353 g/mol. The Bertz CT molecular complexity index is 760. The maximum absolute atomic E-state index is 12.3. The van der Waals surface area contributed by atoms with Crippen LogP contribution in [0.1, 0.15) is 28.6 Å². The second kappa shape index (κ2) is 7.40. The summed E-state index contributed by atoms with van der Waals surface area (Å²) in [6.45, 7) is 1.22. The Labute approximate surface area is 149 Å². The van der Waals surface area contributed by atoms with E-state index < -0.39 is 12.2 Å². The molecule has 0 bridgehead atoms. The van der Waals surface area contributed by atoms with E-state index in [0.29, 0.717) is 23.8 Å². The number of carbonyl (C=O) groups is 1. The number of hydrogen-bond donors (Lipinski definition) is 2. The zero-order valence-electron chi connectivity index (χ0n) is 12.6. The first kappa shape index (κ1) is 17.0. The number of aromatic hydroxyl groups is 1. The molecule has 1 fully saturated rings. The van der Waals surface area contributed by atoms with Gasteiger partial charge in [0.25, 0.3) is 5.91 Å². The van der Waals surface area contributed by atoms with Crippen LogP contribution in [-0.2, 0) is 9.47 Å². The lowest BCUT2D eigenvalue weighted by atomic mass is 10.1. The van der Waals surface area contributed by atoms with Crippen LogP contribution in [0.15, 0.2) is 36.4 Å². The summed E-state index contributed by atoms with van der Waals surface area (Å²) < 4.78 is 11.1. The number of benzene rings is 2. The largest absolute Gasteiger partial charge is 0.506 e. The van der Waals surface area contributed by atoms with Gasteiger partial charge in [0, 0.05) is 11.1 Å². The molecule has 1 amide bonds. The molecule has 0 radical (unpaired) electrons. The van der Waals surface area contributed by atoms with Crippen molar-refractivity contribution in [3.8, 4) is 5.75 Å². The first-order valence-corrected chi connectivity index (χ1v) is 8.13. The molecule has 0 saturated carbocycles. The molecule has 126 valence electrons. The highest BCUT2D eigenvalue weighted by atomic mass is 35.5. The van der Waals surface area contributed by atoms with E-state index in [-0.39, 0.29) is 16.5 Å². The van der Waals surface area contributed by atoms with Crippen molar-refractivity contribution in [1.29, 1.82) is 0 Å². The van der Waals surface area contributed by atoms with Crippen LogP contribution in [0.2, 0.25) is 10.0 Å². The van der Waals surface area contributed by atoms with Crippen molar-refractivity contribution < 1.29 is 19.4 Å². The Hall–Kier alpha value is -1.79. The molecule has 0 aliphatic carbocycles. The van der Waals surface area contributed by atoms with Gasteiger partial charge in [0.05, 0.1) is 28.9 Å². The van der Waals surface area contributed by atoms with Crippen molar-refractivity contribution in [2.45, 2.75) is 12.7 Å². The highest BCUT2D eigenvalue weighted by molar-refractivity contribution is 6.42. The quantitative estimate of drug-likeness (QED) is 0.789. The number of ether oxygens (including phenoxy) is 2. The van der Waals surface area contributed by atoms with Gasteiger partial charge >= 0.3 is 0 Å². The summed E-state index contributed by atoms with van der Waals surface area (Å²) in [6, 6.07) is 9.37. The predicted octanol–water partition coefficient (Wildman–Crippen LogP) is 4.39. The van der Waals surface area contributed by atoms with Crippen molar-refractivity contribution in [3.05, 3.63) is 57.6 Å². The number of carbonyl (C=O) groups excluding carboxylic acids is 1. The van der Waals surface area contributed by atoms with Gasteiger partial charge in [-0.25, -0.2) is 0 Å². The average Bonchev–Trinajstić information content (AvgIpc) is 2.60. The van der Waals surface area contributed by atoms with Crippen LogP contribution in [-0.4, -0.2) is 24.2 Å². The Morgan fingerprint density at radius 1 is 1.08 bits per heavy atom. The minimum absolute atomic E-state index is 0.0528. The second-order valence-corrected chi connectivity index (χ2v) is 6.10. The standard InChI is InChI=1S/C17H15Cl2NO4/c18-12-4-2-10(8-13(12)19)16(22)20-14-9-11(3-5-15(14)21)17-23-6-1-7-24-17/h2-5,8-9,17,21H,1,6-7H2,(H,20,22). The molecule has 0 spiro atoms. The minimum Gasteiger partial charge on any atom is -0.506 e. The average molecular weight is 368 g/mol. The molecule has 24 heavy (non-hydrogen) atoms. The summed E-state index contributed by atoms with van der Waals surface area (Å²) in [5, 5.41) is 13.3. The fourth-order valence-corrected chi connectivity index (χ4v) is 2.61. The smallest absolute Gasteiger partial charge is 0.255 e. The zero-order chi connectivity index (χ0) is 17.1. The lowest BCUT2D eigenvalue weighted by Gasteiger charge is -2.24. The molecule has 1 aliphatic rings. The Kier molecular flexibility index (Phi) is 5.26. The van der Waals surface area contributed by atoms with E-state index in [1.165, 1.54) is 12.1 Å². The van der Waals surface area contributed by atoms with Crippen LogP contribution >= 0.6 is 23.2 Å². The van der Waals surface area contributed by atoms with E-state index in [2.05, 4.69) is 5.32 Å². The van der Waals surface area contributed by atoms with Gasteiger partial charge in [-0.1, -0.05) is 29.3 Å². The molecular formula is C17H15Cl2NO4. The third-order valence-electron chi connectivity index (χ3n) is 3.55. The van der Waals surface area contributed by atoms with E-state index in [0.717, 1.165) is 12.0 Å². The van der Waals surface area contributed by atoms with Crippen LogP contribution in [0, 0.1) is 0 Å². The fraction of sp³-hybridized carbons (Fsp3) is 0.235. The number of phenolic OH excluding ortho intramolecular Hbond substituents is 1. The van der Waals surface area contributed by atoms with Crippen molar-refractivity contribution >= 4 is 34.8 Å². The second-order valence-electron chi connectivity index (χ2n) is 5.29. The molecule has 3 rings (SSSR count). The molecule has 1 heterocycles. The van der Waals surface area contributed by atoms with Crippen LogP contribution in [0.4, 0.5) is 5.69 Å². The summed E-state index contributed by atoms with van der Waals surface area (Å²) in [4.78, 5) is 12.3. The summed E-state index contributed by atoms with van der Waals surface area (Å²) >= 11 is 11.8. The first-order valence-electron chi connectivity index (χ1n) is 7.37. The Morgan fingerprint density at radius 3 is 2.54 bits per heavy atom. The Morgan fingerprint density at radius 2 is 1.83 bits per heavy atom. The van der Waals surface area contributed by atoms with Crippen LogP contribution < -0.4 is 5.32 Å². The Balaban J connectivity index is 1.80. The molecule has 2 aromatic rings. The summed E-state index contributed by atoms with van der Waals surface area (Å²) in [7, 11) is 0. The summed E-state index contributed by atoms with van der Waals surface area (Å²) in [5.74, 6) is -0.463. The number of amides is 1. The third-order valence-corrected chi connectivity index (χ3v) is 4.29. The predicted molar refractivity (Wildman–Crippen MR) is 91.8 cm³/mol. The molecule has 1 aliphatic heterocycles. The lowest BCUT2D eigenvalue weighted by Crippen LogP contribution is -2.18. The first-order chi connectivity index (χ1) is 11.5. The normalized spacial score (nSPS) is 15.2. The van der Waals surface area contributed by atoms with Crippen LogP contribution in [0.3, 0.4) is 0 Å². The topological polar surface area (TPSA) is 67.8 Å². The molecule has 7 heteroatoms. The van der Waals surface area contributed by atoms with E-state index >= 15 is 0 Å². The number of phenols is 1. The molecule has 2 aromatic carbocycles. The lowest BCUT2D eigenvalue weighted by molar-refractivity contribution is -0.183. The summed E-state index contributed by atoms with van der Waals surface area (Å²) in [6.07, 6.45) is 0.343. The van der Waals surface area contributed by atoms with Crippen LogP contribution in [0.25, 0.3) is 0 Å². The van der Waals surface area contributed by atoms with Gasteiger partial charge in [0.1, 0.15) is 5.75 Å². The molecule has 1 saturated heterocycles. The fourth-order valence-electron chi connectivity index (χ4n) is 2.31. The SMILES string of the molecule is O=C(Nc1cc(C2OCCCO2)ccc1O)c1ccc(Cl)c(Cl)c1. The maximum Gasteiger partial charge on any atom is 0.255 e. The maximum atomic E-state index is 12.3. The van der Waals surface area contributed by atoms with E-state index in [1.807, 2.05) is 0 Å². The third kappa shape index (κ3) is 3.82. The van der Waals surface area contributed by atoms with Gasteiger partial charge in [-0.2, -0.15) is 0 Å². The monoisotopic (exact) mass is 367 g/mol. The molecule has 0 aromatic heterocycles. The molecule has 0 atom stereocenters. The van der Waals surface area contributed by atoms with Gasteiger partial charge in [0.15, 0.2) is 6.29 Å². The number of rotatable bonds is 3. The molecule has 0 unspecified atom stereocenters. The zero-order valence-corrected chi connectivity index (χ0v) is 14.1. The van der Waals surface area contributed by atoms with Crippen molar-refractivity contribution in [2.24, 2.45) is 0 Å². The molecule has 2 N–H and O–H groups in total. The van der Waals surface area contributed by atoms with Gasteiger partial charge < -0.3 is 19.9 Å². The number of anilines is 1. The van der Waals surface area contributed by atoms with E-state index in [4.69, 9.17) is 32.7 Å². The molecule has 5 nitrogen and oxygen atoms in total.